The van der Waals surface area contributed by atoms with Gasteiger partial charge < -0.3 is 4.74 Å². The van der Waals surface area contributed by atoms with Crippen molar-refractivity contribution in [1.29, 1.82) is 0 Å². The Morgan fingerprint density at radius 3 is 2.60 bits per heavy atom. The van der Waals surface area contributed by atoms with E-state index in [0.717, 1.165) is 12.8 Å². The first-order valence-corrected chi connectivity index (χ1v) is 5.07. The van der Waals surface area contributed by atoms with Gasteiger partial charge in [-0.05, 0) is 27.2 Å². The molecule has 1 N–H and O–H groups in total. The molecule has 0 bridgehead atoms. The van der Waals surface area contributed by atoms with Gasteiger partial charge >= 0.3 is 5.97 Å². The number of carbonyl (C=O) groups is 1. The molecule has 0 saturated carbocycles. The molecule has 5 heteroatoms. The molecule has 0 aromatic carbocycles. The second-order valence-corrected chi connectivity index (χ2v) is 4.37. The second kappa shape index (κ2) is 4.42. The van der Waals surface area contributed by atoms with Gasteiger partial charge in [-0.2, -0.15) is 10.3 Å². The van der Waals surface area contributed by atoms with Gasteiger partial charge in [0.05, 0.1) is 5.69 Å². The summed E-state index contributed by atoms with van der Waals surface area (Å²) in [7, 11) is 0. The minimum absolute atomic E-state index is 0.298. The molecule has 1 aromatic rings. The number of ether oxygens (including phenoxy) is 1. The highest BCUT2D eigenvalue weighted by atomic mass is 16.6. The number of aromatic amines is 1. The number of hydrogen-bond donors (Lipinski definition) is 1. The molecule has 0 fully saturated rings. The van der Waals surface area contributed by atoms with Crippen LogP contribution in [0.1, 0.15) is 50.3 Å². The lowest BCUT2D eigenvalue weighted by atomic mass is 10.2. The summed E-state index contributed by atoms with van der Waals surface area (Å²) in [5.41, 5.74) is 0.470. The fraction of sp³-hybridized carbons (Fsp3) is 0.700. The van der Waals surface area contributed by atoms with Crippen molar-refractivity contribution in [3.05, 3.63) is 11.4 Å². The van der Waals surface area contributed by atoms with Crippen LogP contribution in [0, 0.1) is 0 Å². The van der Waals surface area contributed by atoms with Gasteiger partial charge in [-0.15, -0.1) is 5.10 Å². The Morgan fingerprint density at radius 1 is 1.40 bits per heavy atom. The van der Waals surface area contributed by atoms with Crippen LogP contribution < -0.4 is 0 Å². The van der Waals surface area contributed by atoms with Crippen molar-refractivity contribution in [2.24, 2.45) is 0 Å². The molecule has 0 unspecified atom stereocenters. The van der Waals surface area contributed by atoms with Crippen molar-refractivity contribution in [2.45, 2.75) is 46.1 Å². The maximum absolute atomic E-state index is 11.7. The minimum Gasteiger partial charge on any atom is -0.455 e. The zero-order chi connectivity index (χ0) is 11.5. The lowest BCUT2D eigenvalue weighted by Gasteiger charge is -2.18. The van der Waals surface area contributed by atoms with E-state index in [1.807, 2.05) is 27.7 Å². The molecular weight excluding hydrogens is 194 g/mol. The average Bonchev–Trinajstić information content (AvgIpc) is 2.49. The molecule has 0 amide bonds. The zero-order valence-electron chi connectivity index (χ0n) is 9.63. The number of aromatic nitrogens is 3. The molecule has 1 aromatic heterocycles. The van der Waals surface area contributed by atoms with Crippen LogP contribution in [-0.4, -0.2) is 27.0 Å². The molecule has 0 spiro atoms. The van der Waals surface area contributed by atoms with E-state index in [2.05, 4.69) is 15.4 Å². The lowest BCUT2D eigenvalue weighted by molar-refractivity contribution is 0.00616. The predicted molar refractivity (Wildman–Crippen MR) is 55.5 cm³/mol. The summed E-state index contributed by atoms with van der Waals surface area (Å²) < 4.78 is 5.21. The van der Waals surface area contributed by atoms with Gasteiger partial charge in [0.2, 0.25) is 0 Å². The lowest BCUT2D eigenvalue weighted by Crippen LogP contribution is -2.24. The largest absolute Gasteiger partial charge is 0.455 e. The first-order chi connectivity index (χ1) is 6.94. The Balaban J connectivity index is 2.77. The van der Waals surface area contributed by atoms with E-state index in [9.17, 15) is 4.79 Å². The van der Waals surface area contributed by atoms with Crippen molar-refractivity contribution < 1.29 is 9.53 Å². The van der Waals surface area contributed by atoms with Gasteiger partial charge in [-0.25, -0.2) is 4.79 Å². The highest BCUT2D eigenvalue weighted by molar-refractivity contribution is 5.88. The van der Waals surface area contributed by atoms with Crippen LogP contribution in [0.5, 0.6) is 0 Å². The molecule has 1 rings (SSSR count). The number of nitrogens with one attached hydrogen (secondary N) is 1. The maximum Gasteiger partial charge on any atom is 0.361 e. The van der Waals surface area contributed by atoms with E-state index in [4.69, 9.17) is 4.74 Å². The van der Waals surface area contributed by atoms with Crippen molar-refractivity contribution in [2.75, 3.05) is 0 Å². The second-order valence-electron chi connectivity index (χ2n) is 4.37. The van der Waals surface area contributed by atoms with Gasteiger partial charge in [-0.1, -0.05) is 13.3 Å². The van der Waals surface area contributed by atoms with E-state index >= 15 is 0 Å². The van der Waals surface area contributed by atoms with Gasteiger partial charge in [0.1, 0.15) is 5.60 Å². The standard InChI is InChI=1S/C10H17N3O2/c1-5-6-7-8(12-13-11-7)9(14)15-10(2,3)4/h5-6H2,1-4H3,(H,11,12,13). The number of carbonyl (C=O) groups excluding carboxylic acids is 1. The van der Waals surface area contributed by atoms with E-state index in [1.54, 1.807) is 0 Å². The molecule has 1 heterocycles. The molecule has 0 saturated heterocycles. The number of nitrogens with zero attached hydrogens (tertiary/aromatic N) is 2. The third kappa shape index (κ3) is 3.34. The van der Waals surface area contributed by atoms with Gasteiger partial charge in [0.25, 0.3) is 0 Å². The number of aryl methyl sites for hydroxylation is 1. The fourth-order valence-electron chi connectivity index (χ4n) is 1.15. The summed E-state index contributed by atoms with van der Waals surface area (Å²) >= 11 is 0. The Hall–Kier alpha value is -1.39. The molecule has 0 radical (unpaired) electrons. The third-order valence-electron chi connectivity index (χ3n) is 1.70. The Morgan fingerprint density at radius 2 is 2.07 bits per heavy atom. The van der Waals surface area contributed by atoms with Crippen molar-refractivity contribution in [3.8, 4) is 0 Å². The summed E-state index contributed by atoms with van der Waals surface area (Å²) in [6.45, 7) is 7.49. The number of H-pyrrole nitrogens is 1. The molecule has 5 nitrogen and oxygen atoms in total. The number of rotatable bonds is 3. The summed E-state index contributed by atoms with van der Waals surface area (Å²) in [5.74, 6) is -0.417. The molecule has 0 atom stereocenters. The van der Waals surface area contributed by atoms with Crippen molar-refractivity contribution in [1.82, 2.24) is 15.4 Å². The molecule has 0 aliphatic heterocycles. The Bertz CT molecular complexity index is 339. The number of hydrogen-bond acceptors (Lipinski definition) is 4. The van der Waals surface area contributed by atoms with Crippen LogP contribution in [0.15, 0.2) is 0 Å². The highest BCUT2D eigenvalue weighted by Gasteiger charge is 2.22. The minimum atomic E-state index is -0.500. The van der Waals surface area contributed by atoms with E-state index in [0.29, 0.717) is 11.4 Å². The van der Waals surface area contributed by atoms with E-state index in [-0.39, 0.29) is 0 Å². The van der Waals surface area contributed by atoms with Crippen LogP contribution in [0.3, 0.4) is 0 Å². The van der Waals surface area contributed by atoms with Gasteiger partial charge in [0.15, 0.2) is 5.69 Å². The van der Waals surface area contributed by atoms with Gasteiger partial charge in [0, 0.05) is 0 Å². The van der Waals surface area contributed by atoms with Crippen LogP contribution in [-0.2, 0) is 11.2 Å². The summed E-state index contributed by atoms with van der Waals surface area (Å²) in [4.78, 5) is 11.7. The smallest absolute Gasteiger partial charge is 0.361 e. The van der Waals surface area contributed by atoms with Crippen LogP contribution in [0.4, 0.5) is 0 Å². The molecular formula is C10H17N3O2. The summed E-state index contributed by atoms with van der Waals surface area (Å²) in [6.07, 6.45) is 1.65. The quantitative estimate of drug-likeness (QED) is 0.773. The summed E-state index contributed by atoms with van der Waals surface area (Å²) in [6, 6.07) is 0. The third-order valence-corrected chi connectivity index (χ3v) is 1.70. The van der Waals surface area contributed by atoms with Gasteiger partial charge in [-0.3, -0.25) is 0 Å². The monoisotopic (exact) mass is 211 g/mol. The Kier molecular flexibility index (Phi) is 3.44. The predicted octanol–water partition coefficient (Wildman–Crippen LogP) is 1.71. The zero-order valence-corrected chi connectivity index (χ0v) is 9.63. The van der Waals surface area contributed by atoms with E-state index < -0.39 is 11.6 Å². The normalized spacial score (nSPS) is 11.5. The molecule has 0 aliphatic rings. The fourth-order valence-corrected chi connectivity index (χ4v) is 1.15. The van der Waals surface area contributed by atoms with Crippen LogP contribution in [0.2, 0.25) is 0 Å². The van der Waals surface area contributed by atoms with Crippen LogP contribution in [0.25, 0.3) is 0 Å². The Labute approximate surface area is 89.2 Å². The topological polar surface area (TPSA) is 67.9 Å². The average molecular weight is 211 g/mol. The highest BCUT2D eigenvalue weighted by Crippen LogP contribution is 2.13. The molecule has 15 heavy (non-hydrogen) atoms. The SMILES string of the molecule is CCCc1n[nH]nc1C(=O)OC(C)(C)C. The maximum atomic E-state index is 11.7. The van der Waals surface area contributed by atoms with Crippen LogP contribution >= 0.6 is 0 Å². The molecule has 0 aliphatic carbocycles. The first kappa shape index (κ1) is 11.7. The summed E-state index contributed by atoms with van der Waals surface area (Å²) in [5, 5.41) is 10.2. The van der Waals surface area contributed by atoms with Crippen molar-refractivity contribution >= 4 is 5.97 Å². The van der Waals surface area contributed by atoms with E-state index in [1.165, 1.54) is 0 Å². The first-order valence-electron chi connectivity index (χ1n) is 5.07. The number of esters is 1. The molecule has 84 valence electrons. The van der Waals surface area contributed by atoms with Crippen molar-refractivity contribution in [3.63, 3.8) is 0 Å².